The third kappa shape index (κ3) is 4.42. The van der Waals surface area contributed by atoms with E-state index in [2.05, 4.69) is 26.1 Å². The molecule has 0 aromatic rings. The van der Waals surface area contributed by atoms with E-state index < -0.39 is 0 Å². The van der Waals surface area contributed by atoms with Gasteiger partial charge in [0, 0.05) is 38.1 Å². The van der Waals surface area contributed by atoms with E-state index in [4.69, 9.17) is 0 Å². The number of halogens is 1. The molecule has 1 N–H and O–H groups in total. The highest BCUT2D eigenvalue weighted by molar-refractivity contribution is 5.88. The molecule has 3 rings (SSSR count). The minimum absolute atomic E-state index is 0. The maximum Gasteiger partial charge on any atom is 0.245 e. The number of hydrogen-bond acceptors (Lipinski definition) is 3. The molecule has 24 heavy (non-hydrogen) atoms. The summed E-state index contributed by atoms with van der Waals surface area (Å²) in [5.74, 6) is 0.321. The minimum atomic E-state index is -0.221. The van der Waals surface area contributed by atoms with Crippen LogP contribution in [0.4, 0.5) is 0 Å². The zero-order chi connectivity index (χ0) is 16.6. The minimum Gasteiger partial charge on any atom is -0.339 e. The van der Waals surface area contributed by atoms with Gasteiger partial charge < -0.3 is 15.1 Å². The molecule has 3 heterocycles. The molecule has 0 aliphatic carbocycles. The second-order valence-electron chi connectivity index (χ2n) is 8.69. The molecule has 2 bridgehead atoms. The second kappa shape index (κ2) is 7.61. The summed E-state index contributed by atoms with van der Waals surface area (Å²) in [6.07, 6.45) is 5.75. The smallest absolute Gasteiger partial charge is 0.245 e. The summed E-state index contributed by atoms with van der Waals surface area (Å²) < 4.78 is 0. The first-order chi connectivity index (χ1) is 10.8. The average molecular weight is 358 g/mol. The van der Waals surface area contributed by atoms with Gasteiger partial charge in [-0.05, 0) is 37.5 Å². The summed E-state index contributed by atoms with van der Waals surface area (Å²) in [6.45, 7) is 8.63. The van der Waals surface area contributed by atoms with Crippen molar-refractivity contribution in [3.63, 3.8) is 0 Å². The van der Waals surface area contributed by atoms with Crippen molar-refractivity contribution in [1.29, 1.82) is 0 Å². The van der Waals surface area contributed by atoms with Crippen molar-refractivity contribution in [3.8, 4) is 0 Å². The van der Waals surface area contributed by atoms with Crippen LogP contribution in [0.3, 0.4) is 0 Å². The molecule has 6 heteroatoms. The van der Waals surface area contributed by atoms with Crippen LogP contribution in [0.15, 0.2) is 0 Å². The normalized spacial score (nSPS) is 30.0. The van der Waals surface area contributed by atoms with Crippen molar-refractivity contribution in [2.24, 2.45) is 5.41 Å². The van der Waals surface area contributed by atoms with E-state index in [1.54, 1.807) is 0 Å². The van der Waals surface area contributed by atoms with Gasteiger partial charge in [0.2, 0.25) is 11.8 Å². The third-order valence-corrected chi connectivity index (χ3v) is 5.37. The predicted octanol–water partition coefficient (Wildman–Crippen LogP) is 2.19. The van der Waals surface area contributed by atoms with Crippen LogP contribution in [0.5, 0.6) is 0 Å². The number of hydrogen-bond donors (Lipinski definition) is 1. The van der Waals surface area contributed by atoms with Gasteiger partial charge in [-0.1, -0.05) is 20.8 Å². The fourth-order valence-corrected chi connectivity index (χ4v) is 4.23. The van der Waals surface area contributed by atoms with Crippen LogP contribution in [-0.2, 0) is 9.59 Å². The standard InChI is InChI=1S/C18H31N3O2.ClH/c1-18(2,3)11-16(22)21-9-4-5-15(21)17(23)20-10-8-13-6-7-14(12-20)19-13;/h13-15,19H,4-12H2,1-3H3;1H. The van der Waals surface area contributed by atoms with E-state index in [-0.39, 0.29) is 35.7 Å². The molecule has 2 amide bonds. The van der Waals surface area contributed by atoms with Crippen LogP contribution in [0.2, 0.25) is 0 Å². The Kier molecular flexibility index (Phi) is 6.19. The molecule has 3 fully saturated rings. The monoisotopic (exact) mass is 357 g/mol. The molecule has 0 saturated carbocycles. The highest BCUT2D eigenvalue weighted by Gasteiger charge is 2.39. The van der Waals surface area contributed by atoms with Gasteiger partial charge in [0.15, 0.2) is 0 Å². The Labute approximate surface area is 151 Å². The van der Waals surface area contributed by atoms with Crippen molar-refractivity contribution < 1.29 is 9.59 Å². The molecule has 3 atom stereocenters. The largest absolute Gasteiger partial charge is 0.339 e. The number of amides is 2. The van der Waals surface area contributed by atoms with E-state index in [1.165, 1.54) is 12.8 Å². The molecule has 3 aliphatic rings. The number of nitrogens with one attached hydrogen (secondary N) is 1. The maximum atomic E-state index is 13.0. The Bertz CT molecular complexity index is 477. The van der Waals surface area contributed by atoms with Gasteiger partial charge in [0.25, 0.3) is 0 Å². The second-order valence-corrected chi connectivity index (χ2v) is 8.69. The summed E-state index contributed by atoms with van der Waals surface area (Å²) in [7, 11) is 0. The van der Waals surface area contributed by atoms with Gasteiger partial charge in [-0.2, -0.15) is 0 Å². The number of rotatable bonds is 2. The Balaban J connectivity index is 0.00000208. The topological polar surface area (TPSA) is 52.7 Å². The zero-order valence-corrected chi connectivity index (χ0v) is 16.0. The number of nitrogens with zero attached hydrogens (tertiary/aromatic N) is 2. The molecule has 0 aromatic heterocycles. The maximum absolute atomic E-state index is 13.0. The molecular weight excluding hydrogens is 326 g/mol. The Morgan fingerprint density at radius 2 is 1.75 bits per heavy atom. The van der Waals surface area contributed by atoms with Crippen molar-refractivity contribution in [1.82, 2.24) is 15.1 Å². The molecule has 3 saturated heterocycles. The molecule has 0 spiro atoms. The summed E-state index contributed by atoms with van der Waals surface area (Å²) in [4.78, 5) is 29.5. The van der Waals surface area contributed by atoms with E-state index >= 15 is 0 Å². The van der Waals surface area contributed by atoms with Gasteiger partial charge in [0.05, 0.1) is 0 Å². The van der Waals surface area contributed by atoms with E-state index in [0.29, 0.717) is 18.5 Å². The van der Waals surface area contributed by atoms with E-state index in [1.807, 2.05) is 9.80 Å². The number of carbonyl (C=O) groups is 2. The first-order valence-corrected chi connectivity index (χ1v) is 9.18. The molecule has 5 nitrogen and oxygen atoms in total. The number of fused-ring (bicyclic) bond motifs is 2. The van der Waals surface area contributed by atoms with Crippen molar-refractivity contribution in [2.45, 2.75) is 77.4 Å². The first-order valence-electron chi connectivity index (χ1n) is 9.18. The van der Waals surface area contributed by atoms with Crippen LogP contribution in [0.1, 0.15) is 59.3 Å². The third-order valence-electron chi connectivity index (χ3n) is 5.37. The predicted molar refractivity (Wildman–Crippen MR) is 97.2 cm³/mol. The molecule has 3 unspecified atom stereocenters. The van der Waals surface area contributed by atoms with Crippen molar-refractivity contribution in [2.75, 3.05) is 19.6 Å². The SMILES string of the molecule is CC(C)(C)CC(=O)N1CCCC1C(=O)N1CCC2CCC(C1)N2.Cl. The average Bonchev–Trinajstić information content (AvgIpc) is 3.03. The highest BCUT2D eigenvalue weighted by Crippen LogP contribution is 2.27. The molecule has 0 radical (unpaired) electrons. The van der Waals surface area contributed by atoms with Crippen molar-refractivity contribution in [3.05, 3.63) is 0 Å². The van der Waals surface area contributed by atoms with Crippen LogP contribution >= 0.6 is 12.4 Å². The number of carbonyl (C=O) groups excluding carboxylic acids is 2. The van der Waals surface area contributed by atoms with Gasteiger partial charge in [0.1, 0.15) is 6.04 Å². The zero-order valence-electron chi connectivity index (χ0n) is 15.2. The van der Waals surface area contributed by atoms with E-state index in [0.717, 1.165) is 38.9 Å². The van der Waals surface area contributed by atoms with Crippen molar-refractivity contribution >= 4 is 24.2 Å². The summed E-state index contributed by atoms with van der Waals surface area (Å²) in [5.41, 5.74) is -0.0288. The van der Waals surface area contributed by atoms with Crippen LogP contribution in [0.25, 0.3) is 0 Å². The summed E-state index contributed by atoms with van der Waals surface area (Å²) in [5, 5.41) is 3.62. The van der Waals surface area contributed by atoms with Crippen LogP contribution in [0, 0.1) is 5.41 Å². The van der Waals surface area contributed by atoms with Gasteiger partial charge >= 0.3 is 0 Å². The van der Waals surface area contributed by atoms with Gasteiger partial charge in [-0.3, -0.25) is 9.59 Å². The molecule has 3 aliphatic heterocycles. The van der Waals surface area contributed by atoms with Gasteiger partial charge in [-0.25, -0.2) is 0 Å². The summed E-state index contributed by atoms with van der Waals surface area (Å²) >= 11 is 0. The Hall–Kier alpha value is -0.810. The Morgan fingerprint density at radius 1 is 1.04 bits per heavy atom. The lowest BCUT2D eigenvalue weighted by molar-refractivity contribution is -0.144. The van der Waals surface area contributed by atoms with Crippen LogP contribution in [-0.4, -0.2) is 59.4 Å². The van der Waals surface area contributed by atoms with E-state index in [9.17, 15) is 9.59 Å². The fourth-order valence-electron chi connectivity index (χ4n) is 4.23. The lowest BCUT2D eigenvalue weighted by Gasteiger charge is -2.32. The molecular formula is C18H32ClN3O2. The number of likely N-dealkylation sites (tertiary alicyclic amines) is 2. The Morgan fingerprint density at radius 3 is 2.46 bits per heavy atom. The highest BCUT2D eigenvalue weighted by atomic mass is 35.5. The van der Waals surface area contributed by atoms with Crippen LogP contribution < -0.4 is 5.32 Å². The van der Waals surface area contributed by atoms with Gasteiger partial charge in [-0.15, -0.1) is 12.4 Å². The summed E-state index contributed by atoms with van der Waals surface area (Å²) in [6, 6.07) is 0.813. The lowest BCUT2D eigenvalue weighted by atomic mass is 9.91. The molecule has 138 valence electrons. The quantitative estimate of drug-likeness (QED) is 0.824. The fraction of sp³-hybridized carbons (Fsp3) is 0.889. The lowest BCUT2D eigenvalue weighted by Crippen LogP contribution is -2.50. The molecule has 0 aromatic carbocycles. The first kappa shape index (κ1) is 19.5.